The molecule has 4 aromatic rings. The second-order valence-corrected chi connectivity index (χ2v) is 10.0. The van der Waals surface area contributed by atoms with Crippen LogP contribution >= 0.6 is 15.9 Å². The third-order valence-corrected chi connectivity index (χ3v) is 6.74. The molecule has 38 heavy (non-hydrogen) atoms. The number of hydrogen-bond acceptors (Lipinski definition) is 6. The highest BCUT2D eigenvalue weighted by molar-refractivity contribution is 9.10. The van der Waals surface area contributed by atoms with Crippen molar-refractivity contribution in [2.24, 2.45) is 5.10 Å². The first-order chi connectivity index (χ1) is 18.1. The molecule has 0 aliphatic heterocycles. The largest absolute Gasteiger partial charge is 0.496 e. The number of aliphatic carboxylic acids is 1. The van der Waals surface area contributed by atoms with Crippen molar-refractivity contribution >= 4 is 39.0 Å². The van der Waals surface area contributed by atoms with Crippen LogP contribution in [-0.2, 0) is 4.79 Å². The van der Waals surface area contributed by atoms with Crippen molar-refractivity contribution in [3.8, 4) is 22.9 Å². The van der Waals surface area contributed by atoms with Gasteiger partial charge in [-0.15, -0.1) is 0 Å². The van der Waals surface area contributed by atoms with Crippen LogP contribution in [0.4, 0.5) is 0 Å². The summed E-state index contributed by atoms with van der Waals surface area (Å²) in [5, 5.41) is 14.1. The number of methoxy groups -OCH3 is 1. The van der Waals surface area contributed by atoms with Gasteiger partial charge in [0.2, 0.25) is 0 Å². The number of rotatable bonds is 8. The van der Waals surface area contributed by atoms with Crippen LogP contribution in [0.15, 0.2) is 69.0 Å². The van der Waals surface area contributed by atoms with Crippen molar-refractivity contribution in [1.82, 2.24) is 9.66 Å². The van der Waals surface area contributed by atoms with Crippen molar-refractivity contribution in [1.29, 1.82) is 0 Å². The van der Waals surface area contributed by atoms with E-state index >= 15 is 0 Å². The molecule has 8 nitrogen and oxygen atoms in total. The minimum atomic E-state index is -1.06. The number of carboxylic acid groups (broad SMARTS) is 1. The lowest BCUT2D eigenvalue weighted by Crippen LogP contribution is -2.23. The summed E-state index contributed by atoms with van der Waals surface area (Å²) in [6.45, 7) is 7.57. The second-order valence-electron chi connectivity index (χ2n) is 9.17. The first kappa shape index (κ1) is 27.1. The van der Waals surface area contributed by atoms with Crippen molar-refractivity contribution in [2.45, 2.75) is 39.7 Å². The normalized spacial score (nSPS) is 12.3. The van der Waals surface area contributed by atoms with Crippen LogP contribution in [-0.4, -0.2) is 40.2 Å². The van der Waals surface area contributed by atoms with Crippen LogP contribution in [0, 0.1) is 6.92 Å². The van der Waals surface area contributed by atoms with Gasteiger partial charge >= 0.3 is 5.97 Å². The Kier molecular flexibility index (Phi) is 7.97. The number of nitrogens with zero attached hydrogens (tertiary/aromatic N) is 3. The summed E-state index contributed by atoms with van der Waals surface area (Å²) in [6.07, 6.45) is 0.553. The highest BCUT2D eigenvalue weighted by Crippen LogP contribution is 2.34. The molecule has 0 aliphatic carbocycles. The molecular formula is C29H28BrN3O5. The van der Waals surface area contributed by atoms with Gasteiger partial charge in [0, 0.05) is 5.56 Å². The lowest BCUT2D eigenvalue weighted by molar-refractivity contribution is -0.144. The zero-order chi connectivity index (χ0) is 27.6. The van der Waals surface area contributed by atoms with Gasteiger partial charge in [0.1, 0.15) is 11.5 Å². The third kappa shape index (κ3) is 5.47. The standard InChI is InChI=1S/C29H28BrN3O5/c1-16(2)21-14-22(17(3)12-26(21)37-5)27-32-24-9-7-6-8-20(24)28(34)33(27)31-15-19-10-11-25(23(30)13-19)38-18(4)29(35)36/h6-16,18H,1-5H3,(H,35,36)/t18-/m1/s1. The van der Waals surface area contributed by atoms with Gasteiger partial charge in [-0.05, 0) is 94.9 Å². The van der Waals surface area contributed by atoms with E-state index in [0.29, 0.717) is 32.5 Å². The van der Waals surface area contributed by atoms with Crippen molar-refractivity contribution in [3.63, 3.8) is 0 Å². The Bertz CT molecular complexity index is 1610. The predicted molar refractivity (Wildman–Crippen MR) is 152 cm³/mol. The van der Waals surface area contributed by atoms with E-state index in [9.17, 15) is 9.59 Å². The van der Waals surface area contributed by atoms with E-state index < -0.39 is 12.1 Å². The number of halogens is 1. The van der Waals surface area contributed by atoms with Gasteiger partial charge in [0.05, 0.1) is 28.7 Å². The van der Waals surface area contributed by atoms with E-state index in [1.807, 2.05) is 31.2 Å². The third-order valence-electron chi connectivity index (χ3n) is 6.12. The quantitative estimate of drug-likeness (QED) is 0.257. The number of benzene rings is 3. The Morgan fingerprint density at radius 1 is 1.11 bits per heavy atom. The molecule has 0 saturated carbocycles. The summed E-state index contributed by atoms with van der Waals surface area (Å²) in [6, 6.07) is 16.3. The fraction of sp³-hybridized carbons (Fsp3) is 0.241. The molecule has 4 rings (SSSR count). The number of aryl methyl sites for hydroxylation is 1. The van der Waals surface area contributed by atoms with E-state index in [2.05, 4.69) is 34.9 Å². The average Bonchev–Trinajstić information content (AvgIpc) is 2.89. The fourth-order valence-electron chi connectivity index (χ4n) is 4.03. The maximum absolute atomic E-state index is 13.6. The molecule has 0 bridgehead atoms. The van der Waals surface area contributed by atoms with Crippen molar-refractivity contribution in [2.75, 3.05) is 7.11 Å². The molecule has 1 N–H and O–H groups in total. The van der Waals surface area contributed by atoms with Gasteiger partial charge in [-0.1, -0.05) is 26.0 Å². The molecule has 0 amide bonds. The minimum Gasteiger partial charge on any atom is -0.496 e. The van der Waals surface area contributed by atoms with E-state index in [4.69, 9.17) is 19.6 Å². The Balaban J connectivity index is 1.85. The van der Waals surface area contributed by atoms with Crippen LogP contribution in [0.25, 0.3) is 22.3 Å². The maximum atomic E-state index is 13.6. The molecule has 0 spiro atoms. The maximum Gasteiger partial charge on any atom is 0.344 e. The van der Waals surface area contributed by atoms with E-state index in [1.165, 1.54) is 11.6 Å². The highest BCUT2D eigenvalue weighted by atomic mass is 79.9. The smallest absolute Gasteiger partial charge is 0.344 e. The molecule has 9 heteroatoms. The molecule has 1 atom stereocenters. The molecule has 196 valence electrons. The average molecular weight is 578 g/mol. The lowest BCUT2D eigenvalue weighted by atomic mass is 9.96. The monoisotopic (exact) mass is 577 g/mol. The topological polar surface area (TPSA) is 103 Å². The zero-order valence-corrected chi connectivity index (χ0v) is 23.3. The van der Waals surface area contributed by atoms with Gasteiger partial charge in [0.25, 0.3) is 5.56 Å². The van der Waals surface area contributed by atoms with Crippen LogP contribution < -0.4 is 15.0 Å². The second kappa shape index (κ2) is 11.2. The molecular weight excluding hydrogens is 550 g/mol. The zero-order valence-electron chi connectivity index (χ0n) is 21.7. The van der Waals surface area contributed by atoms with Gasteiger partial charge < -0.3 is 14.6 Å². The van der Waals surface area contributed by atoms with Crippen LogP contribution in [0.3, 0.4) is 0 Å². The van der Waals surface area contributed by atoms with Gasteiger partial charge in [-0.3, -0.25) is 4.79 Å². The Morgan fingerprint density at radius 2 is 1.84 bits per heavy atom. The number of para-hydroxylation sites is 1. The summed E-state index contributed by atoms with van der Waals surface area (Å²) in [7, 11) is 1.64. The number of fused-ring (bicyclic) bond motifs is 1. The summed E-state index contributed by atoms with van der Waals surface area (Å²) in [5.74, 6) is 0.713. The van der Waals surface area contributed by atoms with E-state index in [1.54, 1.807) is 43.7 Å². The molecule has 0 aliphatic rings. The Morgan fingerprint density at radius 3 is 2.50 bits per heavy atom. The fourth-order valence-corrected chi connectivity index (χ4v) is 4.52. The van der Waals surface area contributed by atoms with Crippen LogP contribution in [0.1, 0.15) is 43.4 Å². The number of hydrogen-bond donors (Lipinski definition) is 1. The van der Waals surface area contributed by atoms with Gasteiger partial charge in [0.15, 0.2) is 11.9 Å². The molecule has 1 aromatic heterocycles. The lowest BCUT2D eigenvalue weighted by Gasteiger charge is -2.17. The number of carboxylic acids is 1. The first-order valence-electron chi connectivity index (χ1n) is 12.0. The molecule has 1 heterocycles. The van der Waals surface area contributed by atoms with E-state index in [-0.39, 0.29) is 11.5 Å². The number of ether oxygens (including phenoxy) is 2. The van der Waals surface area contributed by atoms with Crippen LogP contribution in [0.5, 0.6) is 11.5 Å². The van der Waals surface area contributed by atoms with Crippen LogP contribution in [0.2, 0.25) is 0 Å². The molecule has 0 unspecified atom stereocenters. The number of carbonyl (C=O) groups is 1. The Labute approximate surface area is 228 Å². The van der Waals surface area contributed by atoms with Crippen molar-refractivity contribution in [3.05, 3.63) is 86.1 Å². The number of aromatic nitrogens is 2. The molecule has 0 fully saturated rings. The summed E-state index contributed by atoms with van der Waals surface area (Å²) in [4.78, 5) is 29.6. The summed E-state index contributed by atoms with van der Waals surface area (Å²) in [5.41, 5.74) is 3.64. The van der Waals surface area contributed by atoms with Crippen molar-refractivity contribution < 1.29 is 19.4 Å². The predicted octanol–water partition coefficient (Wildman–Crippen LogP) is 6.00. The van der Waals surface area contributed by atoms with Gasteiger partial charge in [-0.25, -0.2) is 9.78 Å². The first-order valence-corrected chi connectivity index (χ1v) is 12.8. The summed E-state index contributed by atoms with van der Waals surface area (Å²) < 4.78 is 12.9. The molecule has 3 aromatic carbocycles. The van der Waals surface area contributed by atoms with E-state index in [0.717, 1.165) is 22.4 Å². The SMILES string of the molecule is COc1cc(C)c(-c2nc3ccccc3c(=O)n2N=Cc2ccc(O[C@H](C)C(=O)O)c(Br)c2)cc1C(C)C. The highest BCUT2D eigenvalue weighted by Gasteiger charge is 2.19. The molecule has 0 radical (unpaired) electrons. The van der Waals surface area contributed by atoms with Gasteiger partial charge in [-0.2, -0.15) is 9.78 Å². The summed E-state index contributed by atoms with van der Waals surface area (Å²) >= 11 is 3.42. The Hall–Kier alpha value is -3.98. The minimum absolute atomic E-state index is 0.190. The molecule has 0 saturated heterocycles.